The first kappa shape index (κ1) is 12.8. The number of amides is 1. The van der Waals surface area contributed by atoms with Crippen molar-refractivity contribution in [1.82, 2.24) is 4.98 Å². The third-order valence-corrected chi connectivity index (χ3v) is 5.53. The molecule has 100 valence electrons. The number of fused-ring (bicyclic) bond motifs is 1. The quantitative estimate of drug-likeness (QED) is 0.912. The molecule has 1 unspecified atom stereocenters. The van der Waals surface area contributed by atoms with Crippen LogP contribution in [0.3, 0.4) is 0 Å². The maximum atomic E-state index is 12.1. The van der Waals surface area contributed by atoms with Gasteiger partial charge in [-0.1, -0.05) is 6.92 Å². The minimum absolute atomic E-state index is 0.0355. The molecule has 2 aromatic heterocycles. The van der Waals surface area contributed by atoms with Crippen molar-refractivity contribution in [3.8, 4) is 0 Å². The maximum Gasteiger partial charge on any atom is 0.267 e. The van der Waals surface area contributed by atoms with Gasteiger partial charge in [0.25, 0.3) is 5.91 Å². The summed E-state index contributed by atoms with van der Waals surface area (Å²) in [7, 11) is 0. The number of carbonyl (C=O) groups excluding carboxylic acids is 1. The molecule has 0 fully saturated rings. The van der Waals surface area contributed by atoms with Gasteiger partial charge < -0.3 is 0 Å². The lowest BCUT2D eigenvalue weighted by molar-refractivity contribution is 0.103. The fourth-order valence-electron chi connectivity index (χ4n) is 2.35. The van der Waals surface area contributed by atoms with Crippen LogP contribution in [0.25, 0.3) is 0 Å². The van der Waals surface area contributed by atoms with Crippen LogP contribution in [-0.2, 0) is 12.8 Å². The minimum atomic E-state index is -0.0355. The Bertz CT molecular complexity index is 615. The molecular weight excluding hydrogens is 276 g/mol. The Labute approximate surface area is 120 Å². The van der Waals surface area contributed by atoms with Crippen LogP contribution in [-0.4, -0.2) is 10.9 Å². The van der Waals surface area contributed by atoms with Crippen molar-refractivity contribution in [2.24, 2.45) is 5.92 Å². The van der Waals surface area contributed by atoms with Crippen LogP contribution in [0.2, 0.25) is 0 Å². The Morgan fingerprint density at radius 3 is 3.11 bits per heavy atom. The molecule has 3 nitrogen and oxygen atoms in total. The summed E-state index contributed by atoms with van der Waals surface area (Å²) in [5.74, 6) is 0.697. The molecule has 1 aliphatic carbocycles. The molecule has 5 heteroatoms. The van der Waals surface area contributed by atoms with Crippen molar-refractivity contribution >= 4 is 33.7 Å². The maximum absolute atomic E-state index is 12.1. The number of hydrogen-bond acceptors (Lipinski definition) is 4. The van der Waals surface area contributed by atoms with E-state index in [0.717, 1.165) is 34.3 Å². The highest BCUT2D eigenvalue weighted by Crippen LogP contribution is 2.32. The Hall–Kier alpha value is -1.20. The first-order valence-corrected chi connectivity index (χ1v) is 8.17. The number of anilines is 1. The fourth-order valence-corrected chi connectivity index (χ4v) is 4.34. The topological polar surface area (TPSA) is 42.0 Å². The zero-order valence-electron chi connectivity index (χ0n) is 11.0. The fraction of sp³-hybridized carbons (Fsp3) is 0.429. The van der Waals surface area contributed by atoms with Gasteiger partial charge in [0.15, 0.2) is 5.13 Å². The van der Waals surface area contributed by atoms with Crippen LogP contribution in [0.1, 0.15) is 39.2 Å². The summed E-state index contributed by atoms with van der Waals surface area (Å²) in [5, 5.41) is 5.63. The van der Waals surface area contributed by atoms with Gasteiger partial charge in [-0.3, -0.25) is 10.1 Å². The monoisotopic (exact) mass is 292 g/mol. The van der Waals surface area contributed by atoms with E-state index in [0.29, 0.717) is 0 Å². The molecule has 0 aromatic carbocycles. The van der Waals surface area contributed by atoms with Crippen molar-refractivity contribution in [2.45, 2.75) is 33.1 Å². The Morgan fingerprint density at radius 2 is 2.37 bits per heavy atom. The van der Waals surface area contributed by atoms with Gasteiger partial charge in [0.2, 0.25) is 0 Å². The van der Waals surface area contributed by atoms with Crippen molar-refractivity contribution in [3.05, 3.63) is 32.5 Å². The van der Waals surface area contributed by atoms with Gasteiger partial charge in [-0.05, 0) is 49.1 Å². The SMILES string of the molecule is Cc1ccsc1C(=O)Nc1nc2c(s1)CC(C)CC2. The normalized spacial score (nSPS) is 18.1. The van der Waals surface area contributed by atoms with Crippen LogP contribution in [0.5, 0.6) is 0 Å². The number of nitrogens with zero attached hydrogens (tertiary/aromatic N) is 1. The number of aromatic nitrogens is 1. The predicted molar refractivity (Wildman–Crippen MR) is 80.3 cm³/mol. The van der Waals surface area contributed by atoms with Gasteiger partial charge in [0.05, 0.1) is 10.6 Å². The predicted octanol–water partition coefficient (Wildman–Crippen LogP) is 3.89. The molecule has 0 bridgehead atoms. The second kappa shape index (κ2) is 5.06. The van der Waals surface area contributed by atoms with E-state index in [-0.39, 0.29) is 5.91 Å². The highest BCUT2D eigenvalue weighted by molar-refractivity contribution is 7.16. The number of hydrogen-bond donors (Lipinski definition) is 1. The van der Waals surface area contributed by atoms with Crippen LogP contribution in [0, 0.1) is 12.8 Å². The molecular formula is C14H16N2OS2. The Balaban J connectivity index is 1.78. The molecule has 2 aromatic rings. The van der Waals surface area contributed by atoms with Crippen molar-refractivity contribution < 1.29 is 4.79 Å². The van der Waals surface area contributed by atoms with E-state index < -0.39 is 0 Å². The van der Waals surface area contributed by atoms with Crippen molar-refractivity contribution in [3.63, 3.8) is 0 Å². The second-order valence-electron chi connectivity index (χ2n) is 5.12. The van der Waals surface area contributed by atoms with Gasteiger partial charge in [0.1, 0.15) is 0 Å². The summed E-state index contributed by atoms with van der Waals surface area (Å²) in [4.78, 5) is 18.8. The van der Waals surface area contributed by atoms with Gasteiger partial charge >= 0.3 is 0 Å². The highest BCUT2D eigenvalue weighted by Gasteiger charge is 2.21. The van der Waals surface area contributed by atoms with Gasteiger partial charge in [-0.15, -0.1) is 22.7 Å². The molecule has 0 aliphatic heterocycles. The number of rotatable bonds is 2. The number of thiophene rings is 1. The number of thiazole rings is 1. The summed E-state index contributed by atoms with van der Waals surface area (Å²) in [6.07, 6.45) is 3.34. The van der Waals surface area contributed by atoms with Gasteiger partial charge in [-0.2, -0.15) is 0 Å². The van der Waals surface area contributed by atoms with E-state index in [4.69, 9.17) is 0 Å². The summed E-state index contributed by atoms with van der Waals surface area (Å²) in [6, 6.07) is 1.97. The Morgan fingerprint density at radius 1 is 1.53 bits per heavy atom. The van der Waals surface area contributed by atoms with E-state index in [9.17, 15) is 4.79 Å². The van der Waals surface area contributed by atoms with E-state index in [2.05, 4.69) is 17.2 Å². The third-order valence-electron chi connectivity index (χ3n) is 3.47. The van der Waals surface area contributed by atoms with Crippen molar-refractivity contribution in [1.29, 1.82) is 0 Å². The van der Waals surface area contributed by atoms with E-state index in [1.807, 2.05) is 18.4 Å². The average molecular weight is 292 g/mol. The second-order valence-corrected chi connectivity index (χ2v) is 7.12. The van der Waals surface area contributed by atoms with Gasteiger partial charge in [0, 0.05) is 4.88 Å². The van der Waals surface area contributed by atoms with Gasteiger partial charge in [-0.25, -0.2) is 4.98 Å². The summed E-state index contributed by atoms with van der Waals surface area (Å²) in [6.45, 7) is 4.23. The lowest BCUT2D eigenvalue weighted by Gasteiger charge is -2.15. The molecule has 1 N–H and O–H groups in total. The minimum Gasteiger partial charge on any atom is -0.297 e. The lowest BCUT2D eigenvalue weighted by Crippen LogP contribution is -2.11. The summed E-state index contributed by atoms with van der Waals surface area (Å²) in [5.41, 5.74) is 2.21. The molecule has 1 aliphatic rings. The zero-order valence-corrected chi connectivity index (χ0v) is 12.7. The summed E-state index contributed by atoms with van der Waals surface area (Å²) < 4.78 is 0. The number of aryl methyl sites for hydroxylation is 2. The Kier molecular flexibility index (Phi) is 3.41. The molecule has 1 atom stereocenters. The van der Waals surface area contributed by atoms with Crippen molar-refractivity contribution in [2.75, 3.05) is 5.32 Å². The largest absolute Gasteiger partial charge is 0.297 e. The molecule has 0 saturated heterocycles. The molecule has 3 rings (SSSR count). The van der Waals surface area contributed by atoms with Crippen LogP contribution in [0.15, 0.2) is 11.4 Å². The van der Waals surface area contributed by atoms with E-state index >= 15 is 0 Å². The standard InChI is InChI=1S/C14H16N2OS2/c1-8-3-4-10-11(7-8)19-14(15-10)16-13(17)12-9(2)5-6-18-12/h5-6,8H,3-4,7H2,1-2H3,(H,15,16,17). The van der Waals surface area contributed by atoms with E-state index in [1.54, 1.807) is 11.3 Å². The van der Waals surface area contributed by atoms with Crippen LogP contribution < -0.4 is 5.32 Å². The molecule has 1 amide bonds. The van der Waals surface area contributed by atoms with Crippen LogP contribution >= 0.6 is 22.7 Å². The molecule has 0 radical (unpaired) electrons. The number of nitrogens with one attached hydrogen (secondary N) is 1. The third kappa shape index (κ3) is 2.58. The molecule has 2 heterocycles. The molecule has 0 saturated carbocycles. The van der Waals surface area contributed by atoms with Crippen LogP contribution in [0.4, 0.5) is 5.13 Å². The first-order chi connectivity index (χ1) is 9.13. The molecule has 0 spiro atoms. The molecule has 19 heavy (non-hydrogen) atoms. The smallest absolute Gasteiger partial charge is 0.267 e. The highest BCUT2D eigenvalue weighted by atomic mass is 32.1. The average Bonchev–Trinajstić information content (AvgIpc) is 2.94. The van der Waals surface area contributed by atoms with E-state index in [1.165, 1.54) is 28.3 Å². The first-order valence-electron chi connectivity index (χ1n) is 6.47. The summed E-state index contributed by atoms with van der Waals surface area (Å²) >= 11 is 3.11. The number of carbonyl (C=O) groups is 1. The lowest BCUT2D eigenvalue weighted by atomic mass is 9.93. The zero-order chi connectivity index (χ0) is 13.4.